The maximum absolute atomic E-state index is 5.76. The van der Waals surface area contributed by atoms with Crippen molar-refractivity contribution in [2.45, 2.75) is 12.8 Å². The summed E-state index contributed by atoms with van der Waals surface area (Å²) >= 11 is 0. The van der Waals surface area contributed by atoms with Gasteiger partial charge in [-0.3, -0.25) is 0 Å². The molecule has 0 aliphatic heterocycles. The highest BCUT2D eigenvalue weighted by molar-refractivity contribution is 6.05. The zero-order chi connectivity index (χ0) is 28.9. The summed E-state index contributed by atoms with van der Waals surface area (Å²) in [7, 11) is 0. The van der Waals surface area contributed by atoms with Crippen molar-refractivity contribution in [3.8, 4) is 22.3 Å². The van der Waals surface area contributed by atoms with Crippen molar-refractivity contribution in [2.24, 2.45) is 0 Å². The lowest BCUT2D eigenvalue weighted by atomic mass is 9.79. The van der Waals surface area contributed by atoms with Gasteiger partial charge in [0.2, 0.25) is 0 Å². The van der Waals surface area contributed by atoms with Crippen LogP contribution >= 0.6 is 0 Å². The highest BCUT2D eigenvalue weighted by atomic mass is 16.3. The summed E-state index contributed by atoms with van der Waals surface area (Å²) in [6.07, 6.45) is 2.35. The second-order valence-electron chi connectivity index (χ2n) is 11.2. The van der Waals surface area contributed by atoms with Crippen LogP contribution < -0.4 is 10.4 Å². The minimum absolute atomic E-state index is 0.130. The molecule has 2 heteroatoms. The highest BCUT2D eigenvalue weighted by Crippen LogP contribution is 2.40. The van der Waals surface area contributed by atoms with Crippen molar-refractivity contribution in [2.75, 3.05) is 0 Å². The first kappa shape index (κ1) is 25.3. The van der Waals surface area contributed by atoms with E-state index in [0.29, 0.717) is 5.89 Å². The van der Waals surface area contributed by atoms with E-state index in [0.717, 1.165) is 22.2 Å². The molecule has 0 saturated heterocycles. The Labute approximate surface area is 250 Å². The molecule has 1 aliphatic rings. The van der Waals surface area contributed by atoms with Crippen molar-refractivity contribution in [3.63, 3.8) is 0 Å². The van der Waals surface area contributed by atoms with E-state index in [1.165, 1.54) is 54.6 Å². The van der Waals surface area contributed by atoms with Gasteiger partial charge in [0.1, 0.15) is 5.52 Å². The van der Waals surface area contributed by atoms with Gasteiger partial charge in [0.05, 0.1) is 0 Å². The lowest BCUT2D eigenvalue weighted by molar-refractivity contribution is 0.561. The summed E-state index contributed by atoms with van der Waals surface area (Å²) in [4.78, 5) is 4.60. The van der Waals surface area contributed by atoms with Crippen LogP contribution in [-0.4, -0.2) is 4.98 Å². The van der Waals surface area contributed by atoms with Crippen LogP contribution in [0.4, 0.5) is 0 Å². The van der Waals surface area contributed by atoms with Crippen LogP contribution in [0, 0.1) is 6.92 Å². The van der Waals surface area contributed by atoms with Gasteiger partial charge < -0.3 is 4.42 Å². The number of aromatic nitrogens is 1. The summed E-state index contributed by atoms with van der Waals surface area (Å²) in [5, 5.41) is 4.92. The van der Waals surface area contributed by atoms with Crippen molar-refractivity contribution < 1.29 is 4.42 Å². The number of hydrogen-bond acceptors (Lipinski definition) is 2. The molecule has 1 aromatic heterocycles. The van der Waals surface area contributed by atoms with E-state index in [9.17, 15) is 0 Å². The van der Waals surface area contributed by atoms with Gasteiger partial charge in [0.25, 0.3) is 0 Å². The fourth-order valence-corrected chi connectivity index (χ4v) is 6.61. The van der Waals surface area contributed by atoms with Gasteiger partial charge in [-0.05, 0) is 77.9 Å². The third-order valence-electron chi connectivity index (χ3n) is 8.63. The summed E-state index contributed by atoms with van der Waals surface area (Å²) in [6, 6.07) is 47.7. The van der Waals surface area contributed by atoms with Gasteiger partial charge in [0, 0.05) is 12.8 Å². The van der Waals surface area contributed by atoms with E-state index < -0.39 is 0 Å². The van der Waals surface area contributed by atoms with Gasteiger partial charge in [-0.25, -0.2) is 4.98 Å². The molecule has 1 atom stereocenters. The van der Waals surface area contributed by atoms with Gasteiger partial charge in [0.15, 0.2) is 11.5 Å². The molecular formula is C41H29NO. The summed E-state index contributed by atoms with van der Waals surface area (Å²) in [6.45, 7) is 6.54. The molecule has 0 bridgehead atoms. The van der Waals surface area contributed by atoms with Crippen LogP contribution in [0.3, 0.4) is 0 Å². The second-order valence-corrected chi connectivity index (χ2v) is 11.2. The second kappa shape index (κ2) is 10.1. The molecule has 7 aromatic rings. The number of benzene rings is 6. The molecule has 2 nitrogen and oxygen atoms in total. The van der Waals surface area contributed by atoms with Gasteiger partial charge >= 0.3 is 0 Å². The zero-order valence-corrected chi connectivity index (χ0v) is 23.9. The van der Waals surface area contributed by atoms with E-state index in [2.05, 4.69) is 145 Å². The number of aryl methyl sites for hydroxylation is 1. The Kier molecular flexibility index (Phi) is 5.94. The maximum Gasteiger partial charge on any atom is 0.192 e. The Hall–Kier alpha value is -5.47. The molecule has 8 rings (SSSR count). The average molecular weight is 552 g/mol. The Morgan fingerprint density at radius 2 is 1.40 bits per heavy atom. The van der Waals surface area contributed by atoms with Crippen LogP contribution in [0.1, 0.15) is 22.9 Å². The largest absolute Gasteiger partial charge is 0.441 e. The first-order valence-corrected chi connectivity index (χ1v) is 14.7. The molecule has 0 N–H and O–H groups in total. The number of rotatable bonds is 4. The number of nitrogens with zero attached hydrogens (tertiary/aromatic N) is 1. The molecule has 0 fully saturated rings. The molecule has 6 aromatic carbocycles. The fourth-order valence-electron chi connectivity index (χ4n) is 6.61. The fraction of sp³-hybridized carbons (Fsp3) is 0.0488. The third kappa shape index (κ3) is 4.31. The van der Waals surface area contributed by atoms with Gasteiger partial charge in [-0.1, -0.05) is 134 Å². The number of fused-ring (bicyclic) bond motifs is 3. The molecule has 1 heterocycles. The normalized spacial score (nSPS) is 14.6. The maximum atomic E-state index is 5.76. The molecule has 0 saturated carbocycles. The minimum Gasteiger partial charge on any atom is -0.441 e. The highest BCUT2D eigenvalue weighted by Gasteiger charge is 2.22. The zero-order valence-electron chi connectivity index (χ0n) is 23.9. The molecular weight excluding hydrogens is 522 g/mol. The number of oxazole rings is 1. The summed E-state index contributed by atoms with van der Waals surface area (Å²) in [5.41, 5.74) is 11.1. The predicted molar refractivity (Wildman–Crippen MR) is 178 cm³/mol. The van der Waals surface area contributed by atoms with Crippen molar-refractivity contribution in [3.05, 3.63) is 173 Å². The van der Waals surface area contributed by atoms with Crippen LogP contribution in [0.25, 0.3) is 55.8 Å². The standard InChI is InChI=1S/C41H29NO/c1-26-37(28-10-4-3-5-11-28)24-32-13-7-9-15-35(32)40(26)30-16-18-31(19-17-30)41-34-14-8-6-12-29(34)20-22-36(41)33-21-23-39-38(25-33)42-27(2)43-39/h3-25,37H,1H2,2H3. The van der Waals surface area contributed by atoms with Crippen LogP contribution in [0.15, 0.2) is 150 Å². The molecule has 1 unspecified atom stereocenters. The van der Waals surface area contributed by atoms with E-state index >= 15 is 0 Å². The molecule has 43 heavy (non-hydrogen) atoms. The Bertz CT molecular complexity index is 2310. The first-order chi connectivity index (χ1) is 21.1. The van der Waals surface area contributed by atoms with Gasteiger partial charge in [-0.15, -0.1) is 0 Å². The van der Waals surface area contributed by atoms with Crippen LogP contribution in [0.2, 0.25) is 0 Å². The first-order valence-electron chi connectivity index (χ1n) is 14.7. The molecule has 0 radical (unpaired) electrons. The van der Waals surface area contributed by atoms with Crippen molar-refractivity contribution in [1.82, 2.24) is 4.98 Å². The SMILES string of the molecule is C=C1C(c2ccc(-c3c(-c4ccc5oc(C)nc5c4)ccc4ccccc34)cc2)=c2ccccc2=CC1c1ccccc1. The lowest BCUT2D eigenvalue weighted by Crippen LogP contribution is -2.32. The number of allylic oxidation sites excluding steroid dienone is 1. The average Bonchev–Trinajstić information content (AvgIpc) is 3.44. The van der Waals surface area contributed by atoms with E-state index in [-0.39, 0.29) is 5.92 Å². The Morgan fingerprint density at radius 1 is 0.674 bits per heavy atom. The van der Waals surface area contributed by atoms with E-state index in [1.54, 1.807) is 0 Å². The van der Waals surface area contributed by atoms with E-state index in [4.69, 9.17) is 4.42 Å². The monoisotopic (exact) mass is 551 g/mol. The van der Waals surface area contributed by atoms with Crippen molar-refractivity contribution >= 4 is 33.5 Å². The molecule has 0 spiro atoms. The quantitative estimate of drug-likeness (QED) is 0.218. The van der Waals surface area contributed by atoms with Gasteiger partial charge in [-0.2, -0.15) is 0 Å². The number of hydrogen-bond donors (Lipinski definition) is 0. The molecule has 0 amide bonds. The predicted octanol–water partition coefficient (Wildman–Crippen LogP) is 8.96. The van der Waals surface area contributed by atoms with Crippen molar-refractivity contribution in [1.29, 1.82) is 0 Å². The van der Waals surface area contributed by atoms with Crippen LogP contribution in [-0.2, 0) is 0 Å². The molecule has 204 valence electrons. The lowest BCUT2D eigenvalue weighted by Gasteiger charge is -2.24. The topological polar surface area (TPSA) is 26.0 Å². The van der Waals surface area contributed by atoms with Crippen LogP contribution in [0.5, 0.6) is 0 Å². The third-order valence-corrected chi connectivity index (χ3v) is 8.63. The minimum atomic E-state index is 0.130. The Morgan fingerprint density at radius 3 is 2.26 bits per heavy atom. The molecule has 1 aliphatic carbocycles. The smallest absolute Gasteiger partial charge is 0.192 e. The van der Waals surface area contributed by atoms with E-state index in [1.807, 2.05) is 13.0 Å². The summed E-state index contributed by atoms with van der Waals surface area (Å²) in [5.74, 6) is 0.808. The Balaban J connectivity index is 1.29. The summed E-state index contributed by atoms with van der Waals surface area (Å²) < 4.78 is 5.76.